The molecule has 0 saturated heterocycles. The van der Waals surface area contributed by atoms with Crippen molar-refractivity contribution in [1.29, 1.82) is 0 Å². The van der Waals surface area contributed by atoms with Crippen LogP contribution in [0.25, 0.3) is 0 Å². The lowest BCUT2D eigenvalue weighted by atomic mass is 10.1. The van der Waals surface area contributed by atoms with Crippen molar-refractivity contribution in [2.24, 2.45) is 4.99 Å². The van der Waals surface area contributed by atoms with Crippen LogP contribution in [-0.4, -0.2) is 43.0 Å². The molecule has 1 amide bonds. The highest BCUT2D eigenvalue weighted by Crippen LogP contribution is 2.38. The Bertz CT molecular complexity index is 1190. The Balaban J connectivity index is 1.93. The fourth-order valence-electron chi connectivity index (χ4n) is 3.70. The fourth-order valence-corrected chi connectivity index (χ4v) is 3.70. The molecule has 0 atom stereocenters. The minimum Gasteiger partial charge on any atom is -0.493 e. The second-order valence-electron chi connectivity index (χ2n) is 7.99. The summed E-state index contributed by atoms with van der Waals surface area (Å²) in [7, 11) is 4.53. The van der Waals surface area contributed by atoms with E-state index in [1.165, 1.54) is 21.3 Å². The number of carbonyl (C=O) groups is 1. The van der Waals surface area contributed by atoms with E-state index in [-0.39, 0.29) is 5.91 Å². The molecule has 3 rings (SSSR count). The number of hydrogen-bond acceptors (Lipinski definition) is 6. The van der Waals surface area contributed by atoms with Crippen molar-refractivity contribution in [2.75, 3.05) is 26.6 Å². The van der Waals surface area contributed by atoms with Gasteiger partial charge in [0.1, 0.15) is 0 Å². The molecule has 0 spiro atoms. The Morgan fingerprint density at radius 2 is 1.63 bits per heavy atom. The molecule has 0 aliphatic carbocycles. The molecule has 1 heterocycles. The maximum absolute atomic E-state index is 13.2. The van der Waals surface area contributed by atoms with Crippen LogP contribution in [0.15, 0.2) is 41.4 Å². The Kier molecular flexibility index (Phi) is 8.35. The number of nitrogens with zero attached hydrogens (tertiary/aromatic N) is 3. The van der Waals surface area contributed by atoms with Gasteiger partial charge in [0, 0.05) is 29.1 Å². The molecule has 9 heteroatoms. The number of amides is 1. The quantitative estimate of drug-likeness (QED) is 0.370. The summed E-state index contributed by atoms with van der Waals surface area (Å²) >= 11 is 0. The fraction of sp³-hybridized carbons (Fsp3) is 0.346. The van der Waals surface area contributed by atoms with Crippen molar-refractivity contribution in [3.8, 4) is 17.2 Å². The predicted octanol–water partition coefficient (Wildman–Crippen LogP) is 4.25. The van der Waals surface area contributed by atoms with E-state index in [0.717, 1.165) is 34.7 Å². The number of benzene rings is 2. The zero-order chi connectivity index (χ0) is 25.5. The van der Waals surface area contributed by atoms with Crippen molar-refractivity contribution in [3.05, 3.63) is 64.5 Å². The van der Waals surface area contributed by atoms with Gasteiger partial charge in [-0.1, -0.05) is 17.7 Å². The lowest BCUT2D eigenvalue weighted by Crippen LogP contribution is -2.36. The first kappa shape index (κ1) is 25.6. The van der Waals surface area contributed by atoms with Gasteiger partial charge in [0.2, 0.25) is 11.7 Å². The summed E-state index contributed by atoms with van der Waals surface area (Å²) in [6.07, 6.45) is 0. The summed E-state index contributed by atoms with van der Waals surface area (Å²) < 4.78 is 18.1. The van der Waals surface area contributed by atoms with Gasteiger partial charge in [0.25, 0.3) is 5.91 Å². The van der Waals surface area contributed by atoms with Crippen molar-refractivity contribution in [2.45, 2.75) is 40.8 Å². The molecule has 186 valence electrons. The number of rotatable bonds is 8. The average molecular weight is 480 g/mol. The number of carbonyl (C=O) groups excluding carboxylic acids is 1. The number of aliphatic imine (C=N–C) groups is 1. The van der Waals surface area contributed by atoms with E-state index in [9.17, 15) is 4.79 Å². The molecule has 2 aromatic carbocycles. The lowest BCUT2D eigenvalue weighted by molar-refractivity contribution is 0.0976. The minimum atomic E-state index is -0.375. The second-order valence-corrected chi connectivity index (χ2v) is 7.99. The molecular formula is C26H33N5O4. The van der Waals surface area contributed by atoms with Gasteiger partial charge in [-0.2, -0.15) is 5.10 Å². The maximum Gasteiger partial charge on any atom is 0.258 e. The van der Waals surface area contributed by atoms with E-state index in [2.05, 4.69) is 22.7 Å². The summed E-state index contributed by atoms with van der Waals surface area (Å²) in [5, 5.41) is 10.7. The molecule has 0 radical (unpaired) electrons. The van der Waals surface area contributed by atoms with Crippen LogP contribution in [0, 0.1) is 20.8 Å². The topological polar surface area (TPSA) is 99.0 Å². The molecule has 0 fully saturated rings. The Hall–Kier alpha value is -4.01. The molecule has 0 unspecified atom stereocenters. The van der Waals surface area contributed by atoms with E-state index in [0.29, 0.717) is 35.3 Å². The third kappa shape index (κ3) is 5.92. The van der Waals surface area contributed by atoms with Crippen LogP contribution >= 0.6 is 0 Å². The van der Waals surface area contributed by atoms with Gasteiger partial charge in [0.05, 0.1) is 33.6 Å². The highest BCUT2D eigenvalue weighted by atomic mass is 16.5. The molecule has 3 aromatic rings. The normalized spacial score (nSPS) is 11.2. The summed E-state index contributed by atoms with van der Waals surface area (Å²) in [6.45, 7) is 9.20. The van der Waals surface area contributed by atoms with Crippen molar-refractivity contribution < 1.29 is 19.0 Å². The number of aryl methyl sites for hydroxylation is 3. The van der Waals surface area contributed by atoms with Gasteiger partial charge in [-0.3, -0.25) is 14.8 Å². The van der Waals surface area contributed by atoms with Crippen molar-refractivity contribution in [3.63, 3.8) is 0 Å². The molecule has 1 aromatic heterocycles. The number of aromatic nitrogens is 2. The smallest absolute Gasteiger partial charge is 0.258 e. The Labute approximate surface area is 206 Å². The van der Waals surface area contributed by atoms with Gasteiger partial charge in [0.15, 0.2) is 11.5 Å². The van der Waals surface area contributed by atoms with E-state index in [4.69, 9.17) is 19.2 Å². The summed E-state index contributed by atoms with van der Waals surface area (Å²) in [5.41, 5.74) is 5.27. The number of hydrogen-bond donors (Lipinski definition) is 2. The van der Waals surface area contributed by atoms with Crippen LogP contribution in [0.2, 0.25) is 0 Å². The average Bonchev–Trinajstić information content (AvgIpc) is 3.14. The standard InChI is InChI=1S/C26H33N5O4/c1-8-31-18(4)21(17(3)30-31)15-27-26(28-20-11-9-16(2)10-12-20)29-25(32)19-13-22(33-5)24(35-7)23(14-19)34-6/h9-14H,8,15H2,1-7H3,(H2,27,28,29,32). The molecule has 9 nitrogen and oxygen atoms in total. The lowest BCUT2D eigenvalue weighted by Gasteiger charge is -2.15. The summed E-state index contributed by atoms with van der Waals surface area (Å²) in [5.74, 6) is 1.13. The van der Waals surface area contributed by atoms with Crippen molar-refractivity contribution in [1.82, 2.24) is 15.1 Å². The monoisotopic (exact) mass is 479 g/mol. The molecule has 0 bridgehead atoms. The number of guanidine groups is 1. The SMILES string of the molecule is CCn1nc(C)c(CN=C(NC(=O)c2cc(OC)c(OC)c(OC)c2)Nc2ccc(C)cc2)c1C. The first-order valence-corrected chi connectivity index (χ1v) is 11.3. The third-order valence-electron chi connectivity index (χ3n) is 5.70. The van der Waals surface area contributed by atoms with Crippen molar-refractivity contribution >= 4 is 17.6 Å². The Morgan fingerprint density at radius 3 is 2.14 bits per heavy atom. The molecule has 0 saturated carbocycles. The van der Waals surface area contributed by atoms with Crippen LogP contribution in [0.3, 0.4) is 0 Å². The van der Waals surface area contributed by atoms with Gasteiger partial charge in [-0.25, -0.2) is 4.99 Å². The van der Waals surface area contributed by atoms with Crippen LogP contribution in [0.4, 0.5) is 5.69 Å². The number of methoxy groups -OCH3 is 3. The molecule has 0 aliphatic rings. The maximum atomic E-state index is 13.2. The van der Waals surface area contributed by atoms with Gasteiger partial charge >= 0.3 is 0 Å². The number of nitrogens with one attached hydrogen (secondary N) is 2. The zero-order valence-electron chi connectivity index (χ0n) is 21.4. The van der Waals surface area contributed by atoms with Gasteiger partial charge in [-0.15, -0.1) is 0 Å². The van der Waals surface area contributed by atoms with Crippen LogP contribution < -0.4 is 24.8 Å². The summed E-state index contributed by atoms with van der Waals surface area (Å²) in [6, 6.07) is 11.0. The Morgan fingerprint density at radius 1 is 1.00 bits per heavy atom. The number of ether oxygens (including phenoxy) is 3. The largest absolute Gasteiger partial charge is 0.493 e. The zero-order valence-corrected chi connectivity index (χ0v) is 21.4. The first-order valence-electron chi connectivity index (χ1n) is 11.3. The van der Waals surface area contributed by atoms with E-state index < -0.39 is 0 Å². The molecule has 35 heavy (non-hydrogen) atoms. The predicted molar refractivity (Wildman–Crippen MR) is 137 cm³/mol. The molecule has 0 aliphatic heterocycles. The summed E-state index contributed by atoms with van der Waals surface area (Å²) in [4.78, 5) is 17.9. The van der Waals surface area contributed by atoms with Gasteiger partial charge < -0.3 is 19.5 Å². The van der Waals surface area contributed by atoms with E-state index in [1.807, 2.05) is 49.7 Å². The first-order chi connectivity index (χ1) is 16.8. The van der Waals surface area contributed by atoms with Crippen LogP contribution in [-0.2, 0) is 13.1 Å². The van der Waals surface area contributed by atoms with E-state index >= 15 is 0 Å². The highest BCUT2D eigenvalue weighted by Gasteiger charge is 2.18. The second kappa shape index (κ2) is 11.4. The number of anilines is 1. The van der Waals surface area contributed by atoms with Gasteiger partial charge in [-0.05, 0) is 52.0 Å². The van der Waals surface area contributed by atoms with Crippen LogP contribution in [0.5, 0.6) is 17.2 Å². The minimum absolute atomic E-state index is 0.315. The van der Waals surface area contributed by atoms with Crippen LogP contribution in [0.1, 0.15) is 39.8 Å². The van der Waals surface area contributed by atoms with E-state index in [1.54, 1.807) is 12.1 Å². The molecule has 2 N–H and O–H groups in total. The molecular weight excluding hydrogens is 446 g/mol. The highest BCUT2D eigenvalue weighted by molar-refractivity contribution is 6.10. The third-order valence-corrected chi connectivity index (χ3v) is 5.70.